The Balaban J connectivity index is 2.12. The maximum Gasteiger partial charge on any atom is 0.312 e. The largest absolute Gasteiger partial charge is 0.360 e. The maximum absolute atomic E-state index is 14.0. The molecule has 2 rings (SSSR count). The summed E-state index contributed by atoms with van der Waals surface area (Å²) >= 11 is 5.71. The fourth-order valence-electron chi connectivity index (χ4n) is 2.06. The normalized spacial score (nSPS) is 10.8. The van der Waals surface area contributed by atoms with Gasteiger partial charge in [0.05, 0.1) is 9.95 Å². The SMILES string of the molecule is CN(C)Cc1ccc(CNc2ncc(Cl)cc2[N+](=O)[O-])cc1F. The van der Waals surface area contributed by atoms with Crippen molar-refractivity contribution in [1.29, 1.82) is 0 Å². The maximum atomic E-state index is 14.0. The number of pyridine rings is 1. The molecule has 0 amide bonds. The summed E-state index contributed by atoms with van der Waals surface area (Å²) < 4.78 is 14.0. The molecule has 0 radical (unpaired) electrons. The van der Waals surface area contributed by atoms with Crippen LogP contribution in [0.1, 0.15) is 11.1 Å². The standard InChI is InChI=1S/C15H16ClFN4O2/c1-20(2)9-11-4-3-10(5-13(11)17)7-18-15-14(21(22)23)6-12(16)8-19-15/h3-6,8H,7,9H2,1-2H3,(H,18,19). The average Bonchev–Trinajstić information content (AvgIpc) is 2.48. The monoisotopic (exact) mass is 338 g/mol. The van der Waals surface area contributed by atoms with Crippen LogP contribution in [-0.4, -0.2) is 28.9 Å². The molecule has 6 nitrogen and oxygen atoms in total. The molecule has 0 bridgehead atoms. The molecule has 0 aliphatic carbocycles. The van der Waals surface area contributed by atoms with Gasteiger partial charge in [-0.2, -0.15) is 0 Å². The number of benzene rings is 1. The fraction of sp³-hybridized carbons (Fsp3) is 0.267. The Bertz CT molecular complexity index is 725. The zero-order chi connectivity index (χ0) is 17.0. The first-order valence-electron chi connectivity index (χ1n) is 6.82. The molecule has 0 spiro atoms. The van der Waals surface area contributed by atoms with Crippen molar-refractivity contribution >= 4 is 23.1 Å². The predicted molar refractivity (Wildman–Crippen MR) is 87.0 cm³/mol. The molecular formula is C15H16ClFN4O2. The highest BCUT2D eigenvalue weighted by atomic mass is 35.5. The van der Waals surface area contributed by atoms with Gasteiger partial charge in [0.1, 0.15) is 5.82 Å². The third kappa shape index (κ3) is 4.61. The number of hydrogen-bond acceptors (Lipinski definition) is 5. The van der Waals surface area contributed by atoms with Crippen molar-refractivity contribution in [3.63, 3.8) is 0 Å². The molecule has 0 saturated carbocycles. The first kappa shape index (κ1) is 17.1. The molecule has 0 unspecified atom stereocenters. The molecule has 0 atom stereocenters. The topological polar surface area (TPSA) is 71.3 Å². The van der Waals surface area contributed by atoms with E-state index in [1.807, 2.05) is 19.0 Å². The number of hydrogen-bond donors (Lipinski definition) is 1. The van der Waals surface area contributed by atoms with Gasteiger partial charge in [-0.1, -0.05) is 23.7 Å². The van der Waals surface area contributed by atoms with Crippen LogP contribution in [0.25, 0.3) is 0 Å². The molecule has 1 heterocycles. The summed E-state index contributed by atoms with van der Waals surface area (Å²) in [5.74, 6) is -0.214. The number of nitrogens with zero attached hydrogens (tertiary/aromatic N) is 3. The van der Waals surface area contributed by atoms with Crippen molar-refractivity contribution in [2.75, 3.05) is 19.4 Å². The van der Waals surface area contributed by atoms with Crippen molar-refractivity contribution in [2.24, 2.45) is 0 Å². The van der Waals surface area contributed by atoms with Gasteiger partial charge in [0, 0.05) is 30.9 Å². The van der Waals surface area contributed by atoms with Crippen LogP contribution >= 0.6 is 11.6 Å². The molecule has 122 valence electrons. The lowest BCUT2D eigenvalue weighted by Gasteiger charge is -2.12. The van der Waals surface area contributed by atoms with Crippen LogP contribution in [-0.2, 0) is 13.1 Å². The van der Waals surface area contributed by atoms with Crippen molar-refractivity contribution in [2.45, 2.75) is 13.1 Å². The zero-order valence-electron chi connectivity index (χ0n) is 12.7. The third-order valence-electron chi connectivity index (χ3n) is 3.09. The van der Waals surface area contributed by atoms with Crippen LogP contribution in [0, 0.1) is 15.9 Å². The second kappa shape index (κ2) is 7.34. The van der Waals surface area contributed by atoms with E-state index >= 15 is 0 Å². The number of halogens is 2. The van der Waals surface area contributed by atoms with Gasteiger partial charge in [0.2, 0.25) is 5.82 Å². The Kier molecular flexibility index (Phi) is 5.46. The Labute approximate surface area is 138 Å². The van der Waals surface area contributed by atoms with Gasteiger partial charge in [-0.25, -0.2) is 9.37 Å². The second-order valence-electron chi connectivity index (χ2n) is 5.30. The molecule has 23 heavy (non-hydrogen) atoms. The van der Waals surface area contributed by atoms with E-state index in [0.717, 1.165) is 0 Å². The Hall–Kier alpha value is -2.25. The minimum absolute atomic E-state index is 0.0946. The molecular weight excluding hydrogens is 323 g/mol. The smallest absolute Gasteiger partial charge is 0.312 e. The van der Waals surface area contributed by atoms with E-state index in [1.54, 1.807) is 12.1 Å². The van der Waals surface area contributed by atoms with Crippen molar-refractivity contribution in [3.8, 4) is 0 Å². The van der Waals surface area contributed by atoms with Crippen LogP contribution in [0.4, 0.5) is 15.9 Å². The van der Waals surface area contributed by atoms with Crippen LogP contribution < -0.4 is 5.32 Å². The number of nitro groups is 1. The number of anilines is 1. The second-order valence-corrected chi connectivity index (χ2v) is 5.73. The number of nitrogens with one attached hydrogen (secondary N) is 1. The van der Waals surface area contributed by atoms with E-state index in [-0.39, 0.29) is 28.9 Å². The van der Waals surface area contributed by atoms with Gasteiger partial charge >= 0.3 is 5.69 Å². The van der Waals surface area contributed by atoms with E-state index in [2.05, 4.69) is 10.3 Å². The molecule has 1 aromatic carbocycles. The molecule has 0 aliphatic rings. The molecule has 2 aromatic rings. The molecule has 8 heteroatoms. The highest BCUT2D eigenvalue weighted by molar-refractivity contribution is 6.30. The van der Waals surface area contributed by atoms with E-state index in [4.69, 9.17) is 11.6 Å². The lowest BCUT2D eigenvalue weighted by atomic mass is 10.1. The number of aromatic nitrogens is 1. The first-order valence-corrected chi connectivity index (χ1v) is 7.20. The van der Waals surface area contributed by atoms with Gasteiger partial charge in [0.15, 0.2) is 0 Å². The average molecular weight is 339 g/mol. The Morgan fingerprint density at radius 3 is 2.74 bits per heavy atom. The highest BCUT2D eigenvalue weighted by Gasteiger charge is 2.16. The van der Waals surface area contributed by atoms with E-state index < -0.39 is 4.92 Å². The van der Waals surface area contributed by atoms with Crippen LogP contribution in [0.2, 0.25) is 5.02 Å². The first-order chi connectivity index (χ1) is 10.9. The van der Waals surface area contributed by atoms with Crippen LogP contribution in [0.3, 0.4) is 0 Å². The molecule has 0 fully saturated rings. The zero-order valence-corrected chi connectivity index (χ0v) is 13.5. The van der Waals surface area contributed by atoms with Crippen LogP contribution in [0.5, 0.6) is 0 Å². The number of rotatable bonds is 6. The summed E-state index contributed by atoms with van der Waals surface area (Å²) in [4.78, 5) is 16.2. The summed E-state index contributed by atoms with van der Waals surface area (Å²) in [7, 11) is 3.72. The van der Waals surface area contributed by atoms with E-state index in [0.29, 0.717) is 17.7 Å². The summed E-state index contributed by atoms with van der Waals surface area (Å²) in [6, 6.07) is 6.11. The summed E-state index contributed by atoms with van der Waals surface area (Å²) in [5.41, 5.74) is 1.03. The van der Waals surface area contributed by atoms with Gasteiger partial charge < -0.3 is 10.2 Å². The molecule has 0 saturated heterocycles. The summed E-state index contributed by atoms with van der Waals surface area (Å²) in [6.07, 6.45) is 1.32. The van der Waals surface area contributed by atoms with Crippen molar-refractivity contribution in [1.82, 2.24) is 9.88 Å². The summed E-state index contributed by atoms with van der Waals surface area (Å²) in [5, 5.41) is 14.0. The Morgan fingerprint density at radius 2 is 2.13 bits per heavy atom. The highest BCUT2D eigenvalue weighted by Crippen LogP contribution is 2.25. The van der Waals surface area contributed by atoms with Gasteiger partial charge in [-0.05, 0) is 25.7 Å². The predicted octanol–water partition coefficient (Wildman–Crippen LogP) is 3.46. The van der Waals surface area contributed by atoms with Crippen LogP contribution in [0.15, 0.2) is 30.5 Å². The minimum Gasteiger partial charge on any atom is -0.360 e. The third-order valence-corrected chi connectivity index (χ3v) is 3.30. The van der Waals surface area contributed by atoms with Gasteiger partial charge in [0.25, 0.3) is 0 Å². The van der Waals surface area contributed by atoms with E-state index in [9.17, 15) is 14.5 Å². The minimum atomic E-state index is -0.567. The molecule has 1 aromatic heterocycles. The lowest BCUT2D eigenvalue weighted by Crippen LogP contribution is -2.12. The fourth-order valence-corrected chi connectivity index (χ4v) is 2.21. The van der Waals surface area contributed by atoms with Gasteiger partial charge in [-0.3, -0.25) is 10.1 Å². The Morgan fingerprint density at radius 1 is 1.39 bits per heavy atom. The van der Waals surface area contributed by atoms with Gasteiger partial charge in [-0.15, -0.1) is 0 Å². The molecule has 1 N–H and O–H groups in total. The van der Waals surface area contributed by atoms with Crippen molar-refractivity contribution < 1.29 is 9.31 Å². The lowest BCUT2D eigenvalue weighted by molar-refractivity contribution is -0.384. The summed E-state index contributed by atoms with van der Waals surface area (Å²) in [6.45, 7) is 0.721. The molecule has 0 aliphatic heterocycles. The van der Waals surface area contributed by atoms with E-state index in [1.165, 1.54) is 18.3 Å². The van der Waals surface area contributed by atoms with Crippen molar-refractivity contribution in [3.05, 3.63) is 62.5 Å². The quantitative estimate of drug-likeness (QED) is 0.645.